The Bertz CT molecular complexity index is 1650. The number of halogens is 2. The summed E-state index contributed by atoms with van der Waals surface area (Å²) in [5.74, 6) is -1.46. The molecule has 0 aliphatic rings. The van der Waals surface area contributed by atoms with Crippen LogP contribution in [-0.2, 0) is 32.6 Å². The number of carbonyl (C=O) groups is 2. The van der Waals surface area contributed by atoms with E-state index in [1.165, 1.54) is 29.2 Å². The third kappa shape index (κ3) is 8.54. The zero-order valence-corrected chi connectivity index (χ0v) is 27.0. The van der Waals surface area contributed by atoms with Gasteiger partial charge in [0.1, 0.15) is 18.4 Å². The third-order valence-electron chi connectivity index (χ3n) is 7.09. The Labute approximate surface area is 266 Å². The molecule has 1 N–H and O–H groups in total. The van der Waals surface area contributed by atoms with Crippen molar-refractivity contribution in [1.29, 1.82) is 0 Å². The van der Waals surface area contributed by atoms with Crippen molar-refractivity contribution in [3.8, 4) is 0 Å². The predicted molar refractivity (Wildman–Crippen MR) is 174 cm³/mol. The molecular formula is C34H35BrFN3O4S. The Kier molecular flexibility index (Phi) is 11.3. The van der Waals surface area contributed by atoms with Crippen molar-refractivity contribution in [2.75, 3.05) is 17.4 Å². The summed E-state index contributed by atoms with van der Waals surface area (Å²) in [6.07, 6.45) is 0.928. The van der Waals surface area contributed by atoms with Gasteiger partial charge in [0.2, 0.25) is 11.8 Å². The monoisotopic (exact) mass is 679 g/mol. The second-order valence-corrected chi connectivity index (χ2v) is 13.2. The van der Waals surface area contributed by atoms with Gasteiger partial charge in [-0.25, -0.2) is 12.8 Å². The number of benzene rings is 4. The average Bonchev–Trinajstić information content (AvgIpc) is 3.02. The minimum atomic E-state index is -4.25. The van der Waals surface area contributed by atoms with Gasteiger partial charge in [-0.15, -0.1) is 0 Å². The van der Waals surface area contributed by atoms with Crippen molar-refractivity contribution in [3.05, 3.63) is 130 Å². The molecule has 230 valence electrons. The highest BCUT2D eigenvalue weighted by Crippen LogP contribution is 2.26. The minimum Gasteiger partial charge on any atom is -0.354 e. The molecule has 0 saturated carbocycles. The van der Waals surface area contributed by atoms with E-state index in [2.05, 4.69) is 21.2 Å². The molecule has 4 rings (SSSR count). The molecule has 1 atom stereocenters. The van der Waals surface area contributed by atoms with E-state index in [4.69, 9.17) is 0 Å². The zero-order valence-electron chi connectivity index (χ0n) is 24.6. The number of aryl methyl sites for hydroxylation is 1. The Balaban J connectivity index is 1.78. The molecule has 7 nitrogen and oxygen atoms in total. The lowest BCUT2D eigenvalue weighted by molar-refractivity contribution is -0.140. The second-order valence-electron chi connectivity index (χ2n) is 10.4. The summed E-state index contributed by atoms with van der Waals surface area (Å²) in [6.45, 7) is 3.66. The first-order valence-corrected chi connectivity index (χ1v) is 16.5. The summed E-state index contributed by atoms with van der Waals surface area (Å²) >= 11 is 3.43. The summed E-state index contributed by atoms with van der Waals surface area (Å²) in [7, 11) is -4.25. The number of hydrogen-bond acceptors (Lipinski definition) is 4. The van der Waals surface area contributed by atoms with Crippen LogP contribution >= 0.6 is 15.9 Å². The molecule has 0 saturated heterocycles. The number of nitrogens with zero attached hydrogens (tertiary/aromatic N) is 2. The Morgan fingerprint density at radius 2 is 1.50 bits per heavy atom. The molecule has 0 radical (unpaired) electrons. The second kappa shape index (κ2) is 15.1. The van der Waals surface area contributed by atoms with Gasteiger partial charge in [0, 0.05) is 24.0 Å². The van der Waals surface area contributed by atoms with Crippen LogP contribution in [0.2, 0.25) is 0 Å². The number of amides is 2. The van der Waals surface area contributed by atoms with Gasteiger partial charge >= 0.3 is 0 Å². The normalized spacial score (nSPS) is 11.9. The molecule has 10 heteroatoms. The van der Waals surface area contributed by atoms with E-state index in [9.17, 15) is 22.4 Å². The van der Waals surface area contributed by atoms with E-state index in [-0.39, 0.29) is 29.5 Å². The highest BCUT2D eigenvalue weighted by Gasteiger charge is 2.34. The molecule has 0 heterocycles. The molecule has 4 aromatic carbocycles. The summed E-state index contributed by atoms with van der Waals surface area (Å²) in [6, 6.07) is 27.0. The molecule has 0 aliphatic carbocycles. The lowest BCUT2D eigenvalue weighted by Crippen LogP contribution is -2.53. The van der Waals surface area contributed by atoms with Gasteiger partial charge in [-0.2, -0.15) is 0 Å². The lowest BCUT2D eigenvalue weighted by Gasteiger charge is -2.34. The van der Waals surface area contributed by atoms with Crippen molar-refractivity contribution in [3.63, 3.8) is 0 Å². The van der Waals surface area contributed by atoms with Crippen molar-refractivity contribution >= 4 is 43.5 Å². The van der Waals surface area contributed by atoms with Crippen LogP contribution in [0.15, 0.2) is 112 Å². The van der Waals surface area contributed by atoms with Crippen molar-refractivity contribution in [2.24, 2.45) is 0 Å². The maximum atomic E-state index is 14.4. The average molecular weight is 681 g/mol. The standard InChI is InChI=1S/C34H35BrFN3O4S/c1-3-21-37-34(41)32(22-26-7-5-4-6-8-26)38(23-27-11-13-28(35)14-12-27)33(40)24-39(30-17-15-29(36)16-18-30)44(42,43)31-19-9-25(2)10-20-31/h4-20,32H,3,21-24H2,1-2H3,(H,37,41)/t32-/m1/s1. The largest absolute Gasteiger partial charge is 0.354 e. The van der Waals surface area contributed by atoms with Gasteiger partial charge in [0.05, 0.1) is 10.6 Å². The Morgan fingerprint density at radius 1 is 0.864 bits per heavy atom. The van der Waals surface area contributed by atoms with Crippen molar-refractivity contribution in [1.82, 2.24) is 10.2 Å². The van der Waals surface area contributed by atoms with Crippen LogP contribution in [0.4, 0.5) is 10.1 Å². The van der Waals surface area contributed by atoms with Gasteiger partial charge in [0.15, 0.2) is 0 Å². The summed E-state index contributed by atoms with van der Waals surface area (Å²) in [5.41, 5.74) is 2.60. The zero-order chi connectivity index (χ0) is 31.7. The van der Waals surface area contributed by atoms with Crippen LogP contribution in [0.5, 0.6) is 0 Å². The molecule has 4 aromatic rings. The van der Waals surface area contributed by atoms with E-state index >= 15 is 0 Å². The van der Waals surface area contributed by atoms with Crippen LogP contribution < -0.4 is 9.62 Å². The first-order chi connectivity index (χ1) is 21.1. The number of nitrogens with one attached hydrogen (secondary N) is 1. The van der Waals surface area contributed by atoms with E-state index in [1.807, 2.05) is 68.4 Å². The summed E-state index contributed by atoms with van der Waals surface area (Å²) in [4.78, 5) is 29.4. The third-order valence-corrected chi connectivity index (χ3v) is 9.41. The summed E-state index contributed by atoms with van der Waals surface area (Å²) < 4.78 is 43.7. The SMILES string of the molecule is CCCNC(=O)[C@@H](Cc1ccccc1)N(Cc1ccc(Br)cc1)C(=O)CN(c1ccc(F)cc1)S(=O)(=O)c1ccc(C)cc1. The fraction of sp³-hybridized carbons (Fsp3) is 0.235. The first-order valence-electron chi connectivity index (χ1n) is 14.3. The van der Waals surface area contributed by atoms with Crippen LogP contribution in [0.1, 0.15) is 30.0 Å². The predicted octanol–water partition coefficient (Wildman–Crippen LogP) is 6.26. The van der Waals surface area contributed by atoms with Gasteiger partial charge in [-0.3, -0.25) is 13.9 Å². The Morgan fingerprint density at radius 3 is 2.11 bits per heavy atom. The lowest BCUT2D eigenvalue weighted by atomic mass is 10.0. The Hall–Kier alpha value is -4.02. The molecule has 0 aromatic heterocycles. The minimum absolute atomic E-state index is 0.0128. The fourth-order valence-electron chi connectivity index (χ4n) is 4.68. The van der Waals surface area contributed by atoms with Crippen LogP contribution in [0, 0.1) is 12.7 Å². The van der Waals surface area contributed by atoms with Crippen LogP contribution in [0.25, 0.3) is 0 Å². The molecule has 0 spiro atoms. The number of rotatable bonds is 13. The number of sulfonamides is 1. The molecule has 2 amide bonds. The quantitative estimate of drug-likeness (QED) is 0.181. The maximum Gasteiger partial charge on any atom is 0.264 e. The number of carbonyl (C=O) groups excluding carboxylic acids is 2. The maximum absolute atomic E-state index is 14.4. The molecule has 0 aliphatic heterocycles. The van der Waals surface area contributed by atoms with Gasteiger partial charge < -0.3 is 10.2 Å². The number of hydrogen-bond donors (Lipinski definition) is 1. The van der Waals surface area contributed by atoms with Crippen molar-refractivity contribution in [2.45, 2.75) is 44.2 Å². The van der Waals surface area contributed by atoms with E-state index in [0.717, 1.165) is 37.6 Å². The number of anilines is 1. The molecular weight excluding hydrogens is 645 g/mol. The van der Waals surface area contributed by atoms with Gasteiger partial charge in [-0.1, -0.05) is 83.0 Å². The van der Waals surface area contributed by atoms with Gasteiger partial charge in [0.25, 0.3) is 10.0 Å². The molecule has 44 heavy (non-hydrogen) atoms. The highest BCUT2D eigenvalue weighted by atomic mass is 79.9. The van der Waals surface area contributed by atoms with E-state index in [1.54, 1.807) is 12.1 Å². The molecule has 0 fully saturated rings. The summed E-state index contributed by atoms with van der Waals surface area (Å²) in [5, 5.41) is 2.92. The smallest absolute Gasteiger partial charge is 0.264 e. The topological polar surface area (TPSA) is 86.8 Å². The molecule has 0 unspecified atom stereocenters. The van der Waals surface area contributed by atoms with Gasteiger partial charge in [-0.05, 0) is 73.0 Å². The highest BCUT2D eigenvalue weighted by molar-refractivity contribution is 9.10. The first kappa shape index (κ1) is 32.9. The van der Waals surface area contributed by atoms with Crippen molar-refractivity contribution < 1.29 is 22.4 Å². The molecule has 0 bridgehead atoms. The van der Waals surface area contributed by atoms with E-state index in [0.29, 0.717) is 13.0 Å². The van der Waals surface area contributed by atoms with E-state index < -0.39 is 34.3 Å². The van der Waals surface area contributed by atoms with Crippen LogP contribution in [-0.4, -0.2) is 44.3 Å². The van der Waals surface area contributed by atoms with Crippen LogP contribution in [0.3, 0.4) is 0 Å². The fourth-order valence-corrected chi connectivity index (χ4v) is 6.36.